The van der Waals surface area contributed by atoms with Gasteiger partial charge in [-0.05, 0) is 0 Å². The minimum absolute atomic E-state index is 0. The third kappa shape index (κ3) is 6.14. The van der Waals surface area contributed by atoms with E-state index in [1.807, 2.05) is 0 Å². The van der Waals surface area contributed by atoms with Crippen LogP contribution in [0.25, 0.3) is 0 Å². The molecule has 2 N–H and O–H groups in total. The standard InChI is InChI=1S/C6H4N2O4.Ca.2HI/c9-5(10)3-4(6(11)12)8-2-1-7-3;;;/h1-2H,(H,9,10)(H,11,12);;2*1H/q;+2;;/p-2. The van der Waals surface area contributed by atoms with Crippen molar-refractivity contribution < 1.29 is 67.8 Å². The van der Waals surface area contributed by atoms with Gasteiger partial charge in [-0.3, -0.25) is 0 Å². The first-order valence-corrected chi connectivity index (χ1v) is 2.90. The van der Waals surface area contributed by atoms with E-state index >= 15 is 0 Å². The maximum Gasteiger partial charge on any atom is 2.00 e. The predicted octanol–water partition coefficient (Wildman–Crippen LogP) is -6.50. The topological polar surface area (TPSA) is 100 Å². The number of carboxylic acids is 2. The van der Waals surface area contributed by atoms with Gasteiger partial charge in [0.05, 0.1) is 0 Å². The molecule has 1 heterocycles. The molecular formula is C6H4CaI2N2O4. The van der Waals surface area contributed by atoms with Gasteiger partial charge in [0.2, 0.25) is 0 Å². The van der Waals surface area contributed by atoms with Crippen molar-refractivity contribution in [3.63, 3.8) is 0 Å². The summed E-state index contributed by atoms with van der Waals surface area (Å²) in [7, 11) is 0. The Kier molecular flexibility index (Phi) is 13.9. The maximum absolute atomic E-state index is 10.4. The van der Waals surface area contributed by atoms with Crippen LogP contribution in [-0.4, -0.2) is 69.9 Å². The molecule has 0 aliphatic carbocycles. The fourth-order valence-corrected chi connectivity index (χ4v) is 0.651. The second-order valence-corrected chi connectivity index (χ2v) is 1.86. The zero-order valence-corrected chi connectivity index (χ0v) is 13.7. The number of nitrogens with zero attached hydrogens (tertiary/aromatic N) is 2. The van der Waals surface area contributed by atoms with Crippen LogP contribution in [-0.2, 0) is 0 Å². The molecule has 1 rings (SSSR count). The summed E-state index contributed by atoms with van der Waals surface area (Å²) in [6, 6.07) is 0. The van der Waals surface area contributed by atoms with Crippen molar-refractivity contribution in [3.05, 3.63) is 23.8 Å². The van der Waals surface area contributed by atoms with Gasteiger partial charge in [-0.1, -0.05) is 0 Å². The van der Waals surface area contributed by atoms with Gasteiger partial charge in [0.1, 0.15) is 0 Å². The minimum Gasteiger partial charge on any atom is -1.00 e. The van der Waals surface area contributed by atoms with E-state index in [0.29, 0.717) is 0 Å². The van der Waals surface area contributed by atoms with Gasteiger partial charge >= 0.3 is 49.7 Å². The van der Waals surface area contributed by atoms with Crippen molar-refractivity contribution in [3.8, 4) is 0 Å². The molecule has 0 spiro atoms. The monoisotopic (exact) mass is 462 g/mol. The fourth-order valence-electron chi connectivity index (χ4n) is 0.651. The number of hydrogen-bond donors (Lipinski definition) is 2. The normalized spacial score (nSPS) is 7.47. The Labute approximate surface area is 149 Å². The van der Waals surface area contributed by atoms with Gasteiger partial charge in [-0.25, -0.2) is 19.6 Å². The second kappa shape index (κ2) is 9.93. The van der Waals surface area contributed by atoms with Crippen molar-refractivity contribution in [2.75, 3.05) is 0 Å². The number of rotatable bonds is 2. The Morgan fingerprint density at radius 1 is 0.933 bits per heavy atom. The van der Waals surface area contributed by atoms with Crippen molar-refractivity contribution in [2.24, 2.45) is 0 Å². The van der Waals surface area contributed by atoms with Crippen LogP contribution in [0.4, 0.5) is 0 Å². The van der Waals surface area contributed by atoms with Crippen LogP contribution >= 0.6 is 0 Å². The van der Waals surface area contributed by atoms with E-state index in [1.165, 1.54) is 0 Å². The van der Waals surface area contributed by atoms with E-state index in [0.717, 1.165) is 12.4 Å². The van der Waals surface area contributed by atoms with Gasteiger partial charge in [-0.2, -0.15) is 0 Å². The molecule has 1 aromatic heterocycles. The average Bonchev–Trinajstić information content (AvgIpc) is 2.04. The van der Waals surface area contributed by atoms with E-state index in [2.05, 4.69) is 9.97 Å². The van der Waals surface area contributed by atoms with Crippen LogP contribution in [0, 0.1) is 0 Å². The molecule has 0 unspecified atom stereocenters. The summed E-state index contributed by atoms with van der Waals surface area (Å²) >= 11 is 0. The molecule has 0 saturated carbocycles. The number of carbonyl (C=O) groups is 2. The molecule has 1 aromatic rings. The molecule has 0 atom stereocenters. The van der Waals surface area contributed by atoms with Crippen LogP contribution in [0.5, 0.6) is 0 Å². The molecule has 6 nitrogen and oxygen atoms in total. The quantitative estimate of drug-likeness (QED) is 0.335. The number of carboxylic acid groups (broad SMARTS) is 2. The third-order valence-corrected chi connectivity index (χ3v) is 1.10. The van der Waals surface area contributed by atoms with Crippen LogP contribution in [0.3, 0.4) is 0 Å². The molecule has 0 bridgehead atoms. The first-order valence-electron chi connectivity index (χ1n) is 2.90. The molecule has 0 aliphatic heterocycles. The van der Waals surface area contributed by atoms with Gasteiger partial charge in [0.25, 0.3) is 0 Å². The van der Waals surface area contributed by atoms with Gasteiger partial charge < -0.3 is 58.2 Å². The first-order chi connectivity index (χ1) is 5.63. The molecular weight excluding hydrogens is 458 g/mol. The Bertz CT molecular complexity index is 317. The summed E-state index contributed by atoms with van der Waals surface area (Å²) in [6.07, 6.45) is 2.24. The number of hydrogen-bond acceptors (Lipinski definition) is 4. The summed E-state index contributed by atoms with van der Waals surface area (Å²) in [5.74, 6) is -2.80. The largest absolute Gasteiger partial charge is 2.00 e. The van der Waals surface area contributed by atoms with Gasteiger partial charge in [0, 0.05) is 12.4 Å². The third-order valence-electron chi connectivity index (χ3n) is 1.10. The zero-order valence-electron chi connectivity index (χ0n) is 7.22. The Morgan fingerprint density at radius 3 is 1.40 bits per heavy atom. The molecule has 0 saturated heterocycles. The number of aromatic carboxylic acids is 2. The van der Waals surface area contributed by atoms with Crippen molar-refractivity contribution in [2.45, 2.75) is 0 Å². The first kappa shape index (κ1) is 21.1. The Morgan fingerprint density at radius 2 is 1.20 bits per heavy atom. The fraction of sp³-hybridized carbons (Fsp3) is 0. The van der Waals surface area contributed by atoms with E-state index in [1.54, 1.807) is 0 Å². The summed E-state index contributed by atoms with van der Waals surface area (Å²) in [5.41, 5.74) is -1.10. The second-order valence-electron chi connectivity index (χ2n) is 1.86. The molecule has 15 heavy (non-hydrogen) atoms. The van der Waals surface area contributed by atoms with Crippen LogP contribution in [0.1, 0.15) is 21.0 Å². The van der Waals surface area contributed by atoms with E-state index in [-0.39, 0.29) is 85.7 Å². The minimum atomic E-state index is -1.40. The predicted molar refractivity (Wildman–Crippen MR) is 41.7 cm³/mol. The summed E-state index contributed by atoms with van der Waals surface area (Å²) < 4.78 is 0. The van der Waals surface area contributed by atoms with Crippen molar-refractivity contribution in [1.29, 1.82) is 0 Å². The smallest absolute Gasteiger partial charge is 1.00 e. The van der Waals surface area contributed by atoms with Crippen LogP contribution < -0.4 is 48.0 Å². The molecule has 0 radical (unpaired) electrons. The number of aromatic nitrogens is 2. The number of halogens is 2. The molecule has 0 fully saturated rings. The van der Waals surface area contributed by atoms with Crippen LogP contribution in [0.2, 0.25) is 0 Å². The molecule has 78 valence electrons. The molecule has 9 heteroatoms. The van der Waals surface area contributed by atoms with E-state index < -0.39 is 23.3 Å². The van der Waals surface area contributed by atoms with Gasteiger partial charge in [0.15, 0.2) is 11.4 Å². The van der Waals surface area contributed by atoms with E-state index in [9.17, 15) is 9.59 Å². The Hall–Kier alpha value is 0.740. The molecule has 0 aliphatic rings. The summed E-state index contributed by atoms with van der Waals surface area (Å²) in [5, 5.41) is 16.9. The van der Waals surface area contributed by atoms with Crippen molar-refractivity contribution >= 4 is 49.7 Å². The van der Waals surface area contributed by atoms with Crippen LogP contribution in [0.15, 0.2) is 12.4 Å². The molecule has 0 aromatic carbocycles. The summed E-state index contributed by atoms with van der Waals surface area (Å²) in [6.45, 7) is 0. The SMILES string of the molecule is O=C(O)c1nccnc1C(=O)O.[Ca+2].[I-].[I-]. The maximum atomic E-state index is 10.4. The van der Waals surface area contributed by atoms with Gasteiger partial charge in [-0.15, -0.1) is 0 Å². The molecule has 0 amide bonds. The van der Waals surface area contributed by atoms with E-state index in [4.69, 9.17) is 10.2 Å². The zero-order chi connectivity index (χ0) is 9.14. The average molecular weight is 462 g/mol. The summed E-state index contributed by atoms with van der Waals surface area (Å²) in [4.78, 5) is 27.4. The Balaban J connectivity index is -0.000000480. The van der Waals surface area contributed by atoms with Crippen molar-refractivity contribution in [1.82, 2.24) is 9.97 Å².